The maximum absolute atomic E-state index is 12.4. The Labute approximate surface area is 126 Å². The maximum atomic E-state index is 12.4. The lowest BCUT2D eigenvalue weighted by Crippen LogP contribution is -2.45. The van der Waals surface area contributed by atoms with E-state index in [2.05, 4.69) is 5.32 Å². The lowest BCUT2D eigenvalue weighted by molar-refractivity contribution is 0.0951. The lowest BCUT2D eigenvalue weighted by Gasteiger charge is -2.47. The van der Waals surface area contributed by atoms with Crippen molar-refractivity contribution in [2.45, 2.75) is 30.1 Å². The Balaban J connectivity index is 1.82. The van der Waals surface area contributed by atoms with Crippen molar-refractivity contribution in [3.63, 3.8) is 0 Å². The fraction of sp³-hybridized carbons (Fsp3) is 0.625. The molecule has 116 valence electrons. The largest absolute Gasteiger partial charge is 0.383 e. The molecule has 1 N–H and O–H groups in total. The lowest BCUT2D eigenvalue weighted by atomic mass is 9.60. The van der Waals surface area contributed by atoms with Crippen molar-refractivity contribution in [3.05, 3.63) is 29.8 Å². The van der Waals surface area contributed by atoms with E-state index in [0.717, 1.165) is 31.5 Å². The summed E-state index contributed by atoms with van der Waals surface area (Å²) in [5.74, 6) is 0.417. The fourth-order valence-electron chi connectivity index (χ4n) is 3.75. The highest BCUT2D eigenvalue weighted by atomic mass is 32.2. The van der Waals surface area contributed by atoms with Crippen LogP contribution in [0.5, 0.6) is 0 Å². The first kappa shape index (κ1) is 15.0. The Morgan fingerprint density at radius 3 is 2.76 bits per heavy atom. The topological polar surface area (TPSA) is 55.4 Å². The van der Waals surface area contributed by atoms with Gasteiger partial charge in [0.05, 0.1) is 17.3 Å². The number of methoxy groups -OCH3 is 1. The molecule has 1 unspecified atom stereocenters. The fourth-order valence-corrected chi connectivity index (χ4v) is 5.75. The van der Waals surface area contributed by atoms with E-state index >= 15 is 0 Å². The van der Waals surface area contributed by atoms with Gasteiger partial charge in [0.1, 0.15) is 0 Å². The van der Waals surface area contributed by atoms with Gasteiger partial charge in [-0.05, 0) is 29.9 Å². The third-order valence-electron chi connectivity index (χ3n) is 5.06. The van der Waals surface area contributed by atoms with Gasteiger partial charge in [-0.1, -0.05) is 24.6 Å². The summed E-state index contributed by atoms with van der Waals surface area (Å²) in [5.41, 5.74) is 1.14. The van der Waals surface area contributed by atoms with Gasteiger partial charge in [-0.2, -0.15) is 0 Å². The van der Waals surface area contributed by atoms with Crippen molar-refractivity contribution in [2.24, 2.45) is 5.41 Å². The molecule has 4 nitrogen and oxygen atoms in total. The highest BCUT2D eigenvalue weighted by Crippen LogP contribution is 2.55. The zero-order chi connectivity index (χ0) is 14.9. The number of hydrogen-bond donors (Lipinski definition) is 1. The van der Waals surface area contributed by atoms with Gasteiger partial charge in [-0.15, -0.1) is 0 Å². The number of hydrogen-bond acceptors (Lipinski definition) is 4. The third kappa shape index (κ3) is 2.62. The van der Waals surface area contributed by atoms with Crippen LogP contribution in [0.25, 0.3) is 0 Å². The maximum Gasteiger partial charge on any atom is 0.179 e. The van der Waals surface area contributed by atoms with E-state index < -0.39 is 9.84 Å². The van der Waals surface area contributed by atoms with Gasteiger partial charge < -0.3 is 10.1 Å². The smallest absolute Gasteiger partial charge is 0.179 e. The Kier molecular flexibility index (Phi) is 4.08. The number of nitrogens with one attached hydrogen (secondary N) is 1. The summed E-state index contributed by atoms with van der Waals surface area (Å²) < 4.78 is 29.8. The van der Waals surface area contributed by atoms with E-state index in [1.807, 2.05) is 18.2 Å². The second-order valence-corrected chi connectivity index (χ2v) is 8.26. The van der Waals surface area contributed by atoms with Crippen LogP contribution in [0.15, 0.2) is 29.2 Å². The summed E-state index contributed by atoms with van der Waals surface area (Å²) in [5, 5.41) is 3.44. The van der Waals surface area contributed by atoms with Crippen LogP contribution >= 0.6 is 0 Å². The van der Waals surface area contributed by atoms with Crippen molar-refractivity contribution in [1.29, 1.82) is 0 Å². The van der Waals surface area contributed by atoms with Crippen LogP contribution in [-0.4, -0.2) is 41.0 Å². The van der Waals surface area contributed by atoms with Gasteiger partial charge in [-0.25, -0.2) is 8.42 Å². The molecular weight excluding hydrogens is 286 g/mol. The molecule has 1 aromatic rings. The van der Waals surface area contributed by atoms with Crippen LogP contribution in [0, 0.1) is 5.41 Å². The quantitative estimate of drug-likeness (QED) is 0.816. The third-order valence-corrected chi connectivity index (χ3v) is 6.88. The monoisotopic (exact) mass is 309 g/mol. The Bertz CT molecular complexity index is 608. The number of ether oxygens (including phenoxy) is 1. The first-order chi connectivity index (χ1) is 10.1. The number of sulfone groups is 1. The normalized spacial score (nSPS) is 25.3. The molecule has 0 radical (unpaired) electrons. The van der Waals surface area contributed by atoms with Gasteiger partial charge >= 0.3 is 0 Å². The van der Waals surface area contributed by atoms with Crippen molar-refractivity contribution < 1.29 is 13.2 Å². The molecule has 0 aromatic heterocycles. The Hall–Kier alpha value is -0.910. The summed E-state index contributed by atoms with van der Waals surface area (Å²) >= 11 is 0. The summed E-state index contributed by atoms with van der Waals surface area (Å²) in [6, 6.07) is 7.54. The highest BCUT2D eigenvalue weighted by Gasteiger charge is 2.50. The molecule has 21 heavy (non-hydrogen) atoms. The molecular formula is C16H23NO3S. The summed E-state index contributed by atoms with van der Waals surface area (Å²) in [4.78, 5) is 0.554. The molecule has 0 spiro atoms. The average Bonchev–Trinajstić information content (AvgIpc) is 2.70. The van der Waals surface area contributed by atoms with Crippen molar-refractivity contribution in [2.75, 3.05) is 32.6 Å². The van der Waals surface area contributed by atoms with Crippen LogP contribution in [0.1, 0.15) is 30.7 Å². The molecule has 2 aliphatic rings. The SMILES string of the molecule is COCCNCC1(C2CS(=O)(=O)c3ccccc32)CCC1. The minimum absolute atomic E-state index is 0.105. The molecule has 1 atom stereocenters. The molecule has 3 rings (SSSR count). The van der Waals surface area contributed by atoms with Crippen molar-refractivity contribution >= 4 is 9.84 Å². The molecule has 0 saturated heterocycles. The van der Waals surface area contributed by atoms with Crippen LogP contribution in [0.3, 0.4) is 0 Å². The van der Waals surface area contributed by atoms with E-state index in [-0.39, 0.29) is 17.1 Å². The highest BCUT2D eigenvalue weighted by molar-refractivity contribution is 7.91. The molecule has 1 aromatic carbocycles. The Morgan fingerprint density at radius 1 is 1.33 bits per heavy atom. The molecule has 0 bridgehead atoms. The van der Waals surface area contributed by atoms with E-state index in [0.29, 0.717) is 11.5 Å². The van der Waals surface area contributed by atoms with Crippen molar-refractivity contribution in [1.82, 2.24) is 5.32 Å². The van der Waals surface area contributed by atoms with Crippen LogP contribution < -0.4 is 5.32 Å². The molecule has 1 aliphatic heterocycles. The summed E-state index contributed by atoms with van der Waals surface area (Å²) in [7, 11) is -1.41. The van der Waals surface area contributed by atoms with Crippen molar-refractivity contribution in [3.8, 4) is 0 Å². The van der Waals surface area contributed by atoms with Crippen LogP contribution in [0.2, 0.25) is 0 Å². The summed E-state index contributed by atoms with van der Waals surface area (Å²) in [6.07, 6.45) is 3.42. The predicted molar refractivity (Wildman–Crippen MR) is 82.3 cm³/mol. The van der Waals surface area contributed by atoms with Gasteiger partial charge in [0.2, 0.25) is 0 Å². The van der Waals surface area contributed by atoms with E-state index in [1.165, 1.54) is 6.42 Å². The minimum atomic E-state index is -3.10. The molecule has 0 amide bonds. The predicted octanol–water partition coefficient (Wildman–Crippen LogP) is 1.96. The first-order valence-electron chi connectivity index (χ1n) is 7.60. The van der Waals surface area contributed by atoms with Gasteiger partial charge in [0.15, 0.2) is 9.84 Å². The van der Waals surface area contributed by atoms with Crippen LogP contribution in [0.4, 0.5) is 0 Å². The van der Waals surface area contributed by atoms with Gasteiger partial charge in [-0.3, -0.25) is 0 Å². The second kappa shape index (κ2) is 5.71. The molecule has 5 heteroatoms. The summed E-state index contributed by atoms with van der Waals surface area (Å²) in [6.45, 7) is 2.39. The van der Waals surface area contributed by atoms with Crippen LogP contribution in [-0.2, 0) is 14.6 Å². The standard InChI is InChI=1S/C16H23NO3S/c1-20-10-9-17-12-16(7-4-8-16)14-11-21(18,19)15-6-3-2-5-13(14)15/h2-3,5-6,14,17H,4,7-12H2,1H3. The molecule has 1 heterocycles. The first-order valence-corrected chi connectivity index (χ1v) is 9.26. The zero-order valence-electron chi connectivity index (χ0n) is 12.5. The average molecular weight is 309 g/mol. The molecule has 1 aliphatic carbocycles. The van der Waals surface area contributed by atoms with E-state index in [9.17, 15) is 8.42 Å². The second-order valence-electron chi connectivity index (χ2n) is 6.26. The zero-order valence-corrected chi connectivity index (χ0v) is 13.3. The Morgan fingerprint density at radius 2 is 2.10 bits per heavy atom. The number of fused-ring (bicyclic) bond motifs is 1. The van der Waals surface area contributed by atoms with E-state index in [4.69, 9.17) is 4.74 Å². The van der Waals surface area contributed by atoms with E-state index in [1.54, 1.807) is 13.2 Å². The molecule has 1 saturated carbocycles. The molecule has 1 fully saturated rings. The van der Waals surface area contributed by atoms with Gasteiger partial charge in [0, 0.05) is 26.1 Å². The van der Waals surface area contributed by atoms with Gasteiger partial charge in [0.25, 0.3) is 0 Å². The number of rotatable bonds is 6. The number of benzene rings is 1. The minimum Gasteiger partial charge on any atom is -0.383 e.